The molecule has 0 unspecified atom stereocenters. The van der Waals surface area contributed by atoms with Crippen molar-refractivity contribution in [3.63, 3.8) is 0 Å². The smallest absolute Gasteiger partial charge is 0.163 e. The number of anilines is 2. The van der Waals surface area contributed by atoms with Crippen molar-refractivity contribution in [3.8, 4) is 0 Å². The van der Waals surface area contributed by atoms with Gasteiger partial charge in [0.2, 0.25) is 0 Å². The molecule has 1 aliphatic carbocycles. The fraction of sp³-hybridized carbons (Fsp3) is 0.370. The molecule has 2 aromatic carbocycles. The monoisotopic (exact) mass is 402 g/mol. The summed E-state index contributed by atoms with van der Waals surface area (Å²) in [5, 5.41) is 0. The lowest BCUT2D eigenvalue weighted by Crippen LogP contribution is -2.21. The van der Waals surface area contributed by atoms with Crippen molar-refractivity contribution >= 4 is 29.3 Å². The van der Waals surface area contributed by atoms with Crippen LogP contribution in [-0.2, 0) is 4.79 Å². The molecular formula is C27H34N2O. The zero-order chi connectivity index (χ0) is 21.5. The van der Waals surface area contributed by atoms with Crippen molar-refractivity contribution in [2.45, 2.75) is 40.5 Å². The Morgan fingerprint density at radius 1 is 0.667 bits per heavy atom. The Morgan fingerprint density at radius 3 is 1.53 bits per heavy atom. The van der Waals surface area contributed by atoms with E-state index in [-0.39, 0.29) is 5.78 Å². The first-order valence-electron chi connectivity index (χ1n) is 11.2. The molecule has 0 N–H and O–H groups in total. The molecule has 158 valence electrons. The largest absolute Gasteiger partial charge is 0.372 e. The van der Waals surface area contributed by atoms with Gasteiger partial charge < -0.3 is 9.80 Å². The third-order valence-corrected chi connectivity index (χ3v) is 5.92. The number of ketones is 1. The Bertz CT molecular complexity index is 899. The molecule has 0 aromatic heterocycles. The molecule has 0 saturated heterocycles. The highest BCUT2D eigenvalue weighted by atomic mass is 16.1. The van der Waals surface area contributed by atoms with Gasteiger partial charge in [0, 0.05) is 49.5 Å². The predicted octanol–water partition coefficient (Wildman–Crippen LogP) is 6.21. The Kier molecular flexibility index (Phi) is 7.51. The van der Waals surface area contributed by atoms with Crippen molar-refractivity contribution in [3.05, 3.63) is 70.8 Å². The summed E-state index contributed by atoms with van der Waals surface area (Å²) in [4.78, 5) is 17.2. The summed E-state index contributed by atoms with van der Waals surface area (Å²) < 4.78 is 0. The Balaban J connectivity index is 1.71. The van der Waals surface area contributed by atoms with E-state index in [4.69, 9.17) is 0 Å². The van der Waals surface area contributed by atoms with Crippen LogP contribution in [0.25, 0.3) is 12.2 Å². The fourth-order valence-corrected chi connectivity index (χ4v) is 4.14. The summed E-state index contributed by atoms with van der Waals surface area (Å²) in [6.07, 6.45) is 5.50. The van der Waals surface area contributed by atoms with E-state index < -0.39 is 0 Å². The lowest BCUT2D eigenvalue weighted by atomic mass is 10.1. The van der Waals surface area contributed by atoms with Gasteiger partial charge in [-0.05, 0) is 75.6 Å². The first-order valence-corrected chi connectivity index (χ1v) is 11.2. The van der Waals surface area contributed by atoms with Crippen molar-refractivity contribution in [1.82, 2.24) is 0 Å². The second kappa shape index (κ2) is 10.3. The third-order valence-electron chi connectivity index (χ3n) is 5.92. The van der Waals surface area contributed by atoms with Gasteiger partial charge in [-0.15, -0.1) is 0 Å². The Labute approximate surface area is 181 Å². The highest BCUT2D eigenvalue weighted by Crippen LogP contribution is 2.30. The SMILES string of the molecule is CCN(CC)c1ccc(/C=C2/C/C(=C\c3ccc(N(CC)CC)cc3)CC2=O)cc1. The Morgan fingerprint density at radius 2 is 1.10 bits per heavy atom. The van der Waals surface area contributed by atoms with Crippen LogP contribution in [0.5, 0.6) is 0 Å². The molecule has 0 radical (unpaired) electrons. The molecular weight excluding hydrogens is 368 g/mol. The van der Waals surface area contributed by atoms with Gasteiger partial charge in [-0.1, -0.05) is 35.9 Å². The molecule has 3 rings (SSSR count). The van der Waals surface area contributed by atoms with E-state index in [0.29, 0.717) is 6.42 Å². The number of carbonyl (C=O) groups excluding carboxylic acids is 1. The number of Topliss-reactive ketones (excluding diaryl/α,β-unsaturated/α-hetero) is 1. The van der Waals surface area contributed by atoms with Crippen molar-refractivity contribution < 1.29 is 4.79 Å². The van der Waals surface area contributed by atoms with Crippen LogP contribution in [0, 0.1) is 0 Å². The molecule has 1 aliphatic rings. The van der Waals surface area contributed by atoms with Crippen molar-refractivity contribution in [1.29, 1.82) is 0 Å². The van der Waals surface area contributed by atoms with Crippen LogP contribution >= 0.6 is 0 Å². The number of hydrogen-bond donors (Lipinski definition) is 0. The van der Waals surface area contributed by atoms with Crippen LogP contribution in [0.4, 0.5) is 11.4 Å². The lowest BCUT2D eigenvalue weighted by molar-refractivity contribution is -0.114. The fourth-order valence-electron chi connectivity index (χ4n) is 4.14. The molecule has 0 heterocycles. The first kappa shape index (κ1) is 21.9. The minimum Gasteiger partial charge on any atom is -0.372 e. The van der Waals surface area contributed by atoms with E-state index in [0.717, 1.165) is 43.7 Å². The summed E-state index contributed by atoms with van der Waals surface area (Å²) in [5.74, 6) is 0.244. The number of rotatable bonds is 8. The molecule has 2 aromatic rings. The minimum absolute atomic E-state index is 0.244. The maximum atomic E-state index is 12.5. The third kappa shape index (κ3) is 5.21. The normalized spacial score (nSPS) is 16.5. The first-order chi connectivity index (χ1) is 14.6. The molecule has 1 saturated carbocycles. The van der Waals surface area contributed by atoms with Crippen molar-refractivity contribution in [2.75, 3.05) is 36.0 Å². The second-order valence-corrected chi connectivity index (χ2v) is 7.78. The van der Waals surface area contributed by atoms with Gasteiger partial charge in [0.1, 0.15) is 0 Å². The second-order valence-electron chi connectivity index (χ2n) is 7.78. The average molecular weight is 403 g/mol. The zero-order valence-corrected chi connectivity index (χ0v) is 18.8. The van der Waals surface area contributed by atoms with Crippen LogP contribution < -0.4 is 9.80 Å². The maximum absolute atomic E-state index is 12.5. The summed E-state index contributed by atoms with van der Waals surface area (Å²) >= 11 is 0. The molecule has 0 amide bonds. The number of hydrogen-bond acceptors (Lipinski definition) is 3. The highest BCUT2D eigenvalue weighted by molar-refractivity contribution is 6.05. The van der Waals surface area contributed by atoms with E-state index in [1.165, 1.54) is 22.5 Å². The summed E-state index contributed by atoms with van der Waals surface area (Å²) in [5.41, 5.74) is 6.85. The van der Waals surface area contributed by atoms with E-state index in [1.807, 2.05) is 0 Å². The molecule has 0 atom stereocenters. The summed E-state index contributed by atoms with van der Waals surface area (Å²) in [6.45, 7) is 12.7. The van der Waals surface area contributed by atoms with E-state index in [1.54, 1.807) is 0 Å². The predicted molar refractivity (Wildman–Crippen MR) is 130 cm³/mol. The van der Waals surface area contributed by atoms with Gasteiger partial charge in [0.15, 0.2) is 5.78 Å². The van der Waals surface area contributed by atoms with E-state index in [9.17, 15) is 4.79 Å². The van der Waals surface area contributed by atoms with Gasteiger partial charge >= 0.3 is 0 Å². The number of carbonyl (C=O) groups is 1. The summed E-state index contributed by atoms with van der Waals surface area (Å²) in [6, 6.07) is 17.2. The van der Waals surface area contributed by atoms with Gasteiger partial charge in [-0.25, -0.2) is 0 Å². The van der Waals surface area contributed by atoms with Gasteiger partial charge in [-0.2, -0.15) is 0 Å². The molecule has 3 nitrogen and oxygen atoms in total. The lowest BCUT2D eigenvalue weighted by Gasteiger charge is -2.20. The quantitative estimate of drug-likeness (QED) is 0.491. The molecule has 3 heteroatoms. The van der Waals surface area contributed by atoms with Crippen LogP contribution in [0.15, 0.2) is 59.7 Å². The van der Waals surface area contributed by atoms with Gasteiger partial charge in [-0.3, -0.25) is 4.79 Å². The van der Waals surface area contributed by atoms with Crippen LogP contribution in [-0.4, -0.2) is 32.0 Å². The molecule has 0 bridgehead atoms. The molecule has 1 fully saturated rings. The maximum Gasteiger partial charge on any atom is 0.163 e. The van der Waals surface area contributed by atoms with Crippen LogP contribution in [0.3, 0.4) is 0 Å². The van der Waals surface area contributed by atoms with Gasteiger partial charge in [0.05, 0.1) is 0 Å². The molecule has 0 spiro atoms. The van der Waals surface area contributed by atoms with Crippen LogP contribution in [0.2, 0.25) is 0 Å². The number of allylic oxidation sites excluding steroid dienone is 2. The molecule has 0 aliphatic heterocycles. The van der Waals surface area contributed by atoms with Gasteiger partial charge in [0.25, 0.3) is 0 Å². The highest BCUT2D eigenvalue weighted by Gasteiger charge is 2.21. The van der Waals surface area contributed by atoms with E-state index >= 15 is 0 Å². The topological polar surface area (TPSA) is 23.6 Å². The number of benzene rings is 2. The minimum atomic E-state index is 0.244. The average Bonchev–Trinajstić information content (AvgIpc) is 3.10. The van der Waals surface area contributed by atoms with E-state index in [2.05, 4.69) is 98.2 Å². The standard InChI is InChI=1S/C27H34N2O/c1-5-28(6-2)25-13-9-21(10-14-25)17-23-19-24(27(30)20-23)18-22-11-15-26(16-12-22)29(7-3)8-4/h9-18H,5-8,19-20H2,1-4H3/b23-17+,24-18-. The zero-order valence-electron chi connectivity index (χ0n) is 18.8. The number of nitrogens with zero attached hydrogens (tertiary/aromatic N) is 2. The Hall–Kier alpha value is -2.81. The molecule has 30 heavy (non-hydrogen) atoms. The van der Waals surface area contributed by atoms with Crippen molar-refractivity contribution in [2.24, 2.45) is 0 Å². The van der Waals surface area contributed by atoms with Crippen LogP contribution in [0.1, 0.15) is 51.7 Å². The summed E-state index contributed by atoms with van der Waals surface area (Å²) in [7, 11) is 0.